The van der Waals surface area contributed by atoms with E-state index in [4.69, 9.17) is 35.3 Å². The van der Waals surface area contributed by atoms with E-state index in [1.54, 1.807) is 48.5 Å². The number of nitrogens with zero attached hydrogens (tertiary/aromatic N) is 1. The fourth-order valence-corrected chi connectivity index (χ4v) is 8.70. The number of phenolic OH excluding ortho intramolecular Hbond substituents is 1. The minimum absolute atomic E-state index is 0.0179. The second kappa shape index (κ2) is 20.9. The number of carbonyl (C=O) groups is 2. The molecule has 3 aliphatic rings. The van der Waals surface area contributed by atoms with Gasteiger partial charge in [-0.2, -0.15) is 0 Å². The summed E-state index contributed by atoms with van der Waals surface area (Å²) in [5.41, 5.74) is 4.20. The van der Waals surface area contributed by atoms with Crippen molar-refractivity contribution in [3.05, 3.63) is 164 Å². The molecule has 0 radical (unpaired) electrons. The second-order valence-electron chi connectivity index (χ2n) is 16.2. The van der Waals surface area contributed by atoms with E-state index in [0.717, 1.165) is 54.7 Å². The van der Waals surface area contributed by atoms with Crippen LogP contribution in [-0.2, 0) is 22.6 Å². The van der Waals surface area contributed by atoms with Gasteiger partial charge in [-0.25, -0.2) is 9.59 Å². The number of aliphatic hydroxyl groups is 1. The van der Waals surface area contributed by atoms with Crippen LogP contribution in [0.15, 0.2) is 120 Å². The number of alkyl carbamates (subject to hydrolysis) is 1. The number of pyridine rings is 1. The number of esters is 1. The van der Waals surface area contributed by atoms with Crippen LogP contribution in [0.4, 0.5) is 4.79 Å². The van der Waals surface area contributed by atoms with E-state index in [1.165, 1.54) is 19.2 Å². The van der Waals surface area contributed by atoms with Crippen LogP contribution in [0, 0.1) is 5.92 Å². The number of halogens is 1. The largest absolute Gasteiger partial charge is 0.506 e. The number of aromatic hydroxyl groups is 1. The summed E-state index contributed by atoms with van der Waals surface area (Å²) >= 11 is 6.59. The number of rotatable bonds is 18. The number of nitrogens with one attached hydrogen (secondary N) is 3. The summed E-state index contributed by atoms with van der Waals surface area (Å²) in [6.45, 7) is 3.64. The van der Waals surface area contributed by atoms with Crippen molar-refractivity contribution in [1.29, 1.82) is 0 Å². The van der Waals surface area contributed by atoms with Gasteiger partial charge < -0.3 is 49.5 Å². The summed E-state index contributed by atoms with van der Waals surface area (Å²) in [6.07, 6.45) is 0.638. The number of phenols is 1. The molecule has 3 fully saturated rings. The lowest BCUT2D eigenvalue weighted by atomic mass is 9.86. The lowest BCUT2D eigenvalue weighted by Gasteiger charge is -2.43. The van der Waals surface area contributed by atoms with Gasteiger partial charge in [-0.05, 0) is 108 Å². The Hall–Kier alpha value is -6.58. The fraction of sp³-hybridized carbons (Fsp3) is 0.300. The first-order valence-corrected chi connectivity index (χ1v) is 22.0. The van der Waals surface area contributed by atoms with Crippen molar-refractivity contribution >= 4 is 34.6 Å². The number of aromatic nitrogens is 1. The van der Waals surface area contributed by atoms with Crippen molar-refractivity contribution in [2.24, 2.45) is 5.92 Å². The van der Waals surface area contributed by atoms with E-state index in [0.29, 0.717) is 51.2 Å². The van der Waals surface area contributed by atoms with E-state index in [2.05, 4.69) is 20.5 Å². The quantitative estimate of drug-likeness (QED) is 0.0426. The monoisotopic (exact) mass is 902 g/mol. The molecule has 3 saturated heterocycles. The predicted octanol–water partition coefficient (Wildman–Crippen LogP) is 7.44. The van der Waals surface area contributed by atoms with Crippen molar-refractivity contribution in [3.63, 3.8) is 0 Å². The number of aliphatic hydroxyl groups excluding tert-OH is 1. The Morgan fingerprint density at radius 2 is 1.66 bits per heavy atom. The molecule has 65 heavy (non-hydrogen) atoms. The molecular formula is C50H51ClN4O10. The Morgan fingerprint density at radius 3 is 2.42 bits per heavy atom. The van der Waals surface area contributed by atoms with Gasteiger partial charge in [0.1, 0.15) is 37.4 Å². The van der Waals surface area contributed by atoms with Crippen LogP contribution in [0.25, 0.3) is 10.9 Å². The lowest BCUT2D eigenvalue weighted by Crippen LogP contribution is -2.52. The highest BCUT2D eigenvalue weighted by atomic mass is 35.5. The number of carbonyl (C=O) groups excluding carboxylic acids is 2. The van der Waals surface area contributed by atoms with Gasteiger partial charge in [0.15, 0.2) is 11.5 Å². The standard InChI is InChI=1S/C50H51ClN4O10/c1-61-43-25-32(27-52-28-42(57)38-14-16-41(56)47-39(38)15-17-45(58)53-47)24-40(51)48(43)62-22-23-63-49(59)35-12-10-31(11-13-35)30-64-37-9-5-8-36(26-37)46(34-6-3-2-4-7-34)54-50(60)65-44-29-55-20-18-33(44)19-21-55/h2-17,24-26,33,42,44,46,52,56-57H,18-23,27-30H2,1H3,(H,53,58)(H,54,60)/t42-,44+,46?/m1/s1. The van der Waals surface area contributed by atoms with Gasteiger partial charge >= 0.3 is 12.1 Å². The van der Waals surface area contributed by atoms with Crippen LogP contribution >= 0.6 is 11.6 Å². The minimum atomic E-state index is -0.934. The summed E-state index contributed by atoms with van der Waals surface area (Å²) in [5.74, 6) is 1.10. The molecule has 1 amide bonds. The van der Waals surface area contributed by atoms with Crippen molar-refractivity contribution < 1.29 is 43.5 Å². The second-order valence-corrected chi connectivity index (χ2v) is 16.6. The van der Waals surface area contributed by atoms with Crippen LogP contribution < -0.4 is 30.4 Å². The molecule has 1 unspecified atom stereocenters. The van der Waals surface area contributed by atoms with Crippen LogP contribution in [0.2, 0.25) is 5.02 Å². The Kier molecular flexibility index (Phi) is 14.5. The maximum absolute atomic E-state index is 13.3. The number of hydrogen-bond acceptors (Lipinski definition) is 12. The number of benzene rings is 5. The van der Waals surface area contributed by atoms with E-state index >= 15 is 0 Å². The molecule has 0 saturated carbocycles. The van der Waals surface area contributed by atoms with E-state index in [-0.39, 0.29) is 49.3 Å². The molecule has 3 atom stereocenters. The third kappa shape index (κ3) is 11.2. The van der Waals surface area contributed by atoms with E-state index in [9.17, 15) is 24.6 Å². The first kappa shape index (κ1) is 45.0. The molecule has 1 aromatic heterocycles. The van der Waals surface area contributed by atoms with Gasteiger partial charge in [-0.3, -0.25) is 9.69 Å². The van der Waals surface area contributed by atoms with Crippen LogP contribution in [-0.4, -0.2) is 84.8 Å². The third-order valence-corrected chi connectivity index (χ3v) is 12.1. The van der Waals surface area contributed by atoms with Gasteiger partial charge in [0.05, 0.1) is 35.4 Å². The topological polar surface area (TPSA) is 181 Å². The third-order valence-electron chi connectivity index (χ3n) is 11.8. The number of aromatic amines is 1. The van der Waals surface area contributed by atoms with Gasteiger partial charge in [-0.1, -0.05) is 72.3 Å². The Labute approximate surface area is 381 Å². The zero-order valence-electron chi connectivity index (χ0n) is 35.8. The Bertz CT molecular complexity index is 2650. The van der Waals surface area contributed by atoms with Gasteiger partial charge in [0.2, 0.25) is 5.56 Å². The smallest absolute Gasteiger partial charge is 0.408 e. The molecule has 0 aliphatic carbocycles. The van der Waals surface area contributed by atoms with E-state index in [1.807, 2.05) is 54.6 Å². The molecule has 5 aromatic carbocycles. The number of fused-ring (bicyclic) bond motifs is 4. The molecule has 6 aromatic rings. The van der Waals surface area contributed by atoms with Gasteiger partial charge in [-0.15, -0.1) is 0 Å². The summed E-state index contributed by atoms with van der Waals surface area (Å²) < 4.78 is 29.0. The molecular weight excluding hydrogens is 852 g/mol. The molecule has 9 rings (SSSR count). The zero-order valence-corrected chi connectivity index (χ0v) is 36.6. The molecule has 15 heteroatoms. The lowest BCUT2D eigenvalue weighted by molar-refractivity contribution is -0.0336. The first-order chi connectivity index (χ1) is 31.6. The molecule has 0 spiro atoms. The summed E-state index contributed by atoms with van der Waals surface area (Å²) in [7, 11) is 1.49. The van der Waals surface area contributed by atoms with E-state index < -0.39 is 24.2 Å². The van der Waals surface area contributed by atoms with Crippen LogP contribution in [0.3, 0.4) is 0 Å². The van der Waals surface area contributed by atoms with Crippen molar-refractivity contribution in [3.8, 4) is 23.0 Å². The molecule has 14 nitrogen and oxygen atoms in total. The number of piperidine rings is 3. The van der Waals surface area contributed by atoms with Crippen molar-refractivity contribution in [1.82, 2.24) is 20.5 Å². The Balaban J connectivity index is 0.795. The van der Waals surface area contributed by atoms with Gasteiger partial charge in [0.25, 0.3) is 0 Å². The summed E-state index contributed by atoms with van der Waals surface area (Å²) in [6, 6.07) is 33.3. The highest BCUT2D eigenvalue weighted by Gasteiger charge is 2.37. The van der Waals surface area contributed by atoms with Crippen LogP contribution in [0.5, 0.6) is 23.0 Å². The number of methoxy groups -OCH3 is 1. The number of amides is 1. The minimum Gasteiger partial charge on any atom is -0.506 e. The molecule has 5 N–H and O–H groups in total. The normalized spacial score (nSPS) is 17.5. The van der Waals surface area contributed by atoms with Crippen molar-refractivity contribution in [2.75, 3.05) is 46.5 Å². The Morgan fingerprint density at radius 1 is 0.877 bits per heavy atom. The number of ether oxygens (including phenoxy) is 5. The summed E-state index contributed by atoms with van der Waals surface area (Å²) in [4.78, 5) is 42.9. The predicted molar refractivity (Wildman–Crippen MR) is 245 cm³/mol. The fourth-order valence-electron chi connectivity index (χ4n) is 8.42. The number of H-pyrrole nitrogens is 1. The average molecular weight is 903 g/mol. The summed E-state index contributed by atoms with van der Waals surface area (Å²) in [5, 5.41) is 28.2. The molecule has 2 bridgehead atoms. The van der Waals surface area contributed by atoms with Crippen LogP contribution in [0.1, 0.15) is 63.2 Å². The average Bonchev–Trinajstić information content (AvgIpc) is 3.33. The first-order valence-electron chi connectivity index (χ1n) is 21.6. The highest BCUT2D eigenvalue weighted by Crippen LogP contribution is 2.37. The van der Waals surface area contributed by atoms with Crippen molar-refractivity contribution in [2.45, 2.75) is 44.2 Å². The maximum Gasteiger partial charge on any atom is 0.408 e. The SMILES string of the molecule is COc1cc(CNC[C@@H](O)c2ccc(O)c3[nH]c(=O)ccc23)cc(Cl)c1OCCOC(=O)c1ccc(COc2cccc(C(NC(=O)O[C@H]3CN4CCC3CC4)c3ccccc3)c2)cc1. The number of hydrogen-bond donors (Lipinski definition) is 5. The molecule has 3 aliphatic heterocycles. The maximum atomic E-state index is 13.3. The van der Waals surface area contributed by atoms with Gasteiger partial charge in [0, 0.05) is 31.1 Å². The molecule has 338 valence electrons. The zero-order chi connectivity index (χ0) is 45.3. The molecule has 4 heterocycles. The highest BCUT2D eigenvalue weighted by molar-refractivity contribution is 6.32.